The van der Waals surface area contributed by atoms with Crippen molar-refractivity contribution < 1.29 is 28.4 Å². The second-order valence-corrected chi connectivity index (χ2v) is 11.4. The van der Waals surface area contributed by atoms with Crippen molar-refractivity contribution in [3.8, 4) is 0 Å². The summed E-state index contributed by atoms with van der Waals surface area (Å²) in [4.78, 5) is 22.4. The maximum Gasteiger partial charge on any atom is 0.472 e. The van der Waals surface area contributed by atoms with Gasteiger partial charge in [-0.05, 0) is 64.7 Å². The van der Waals surface area contributed by atoms with Crippen molar-refractivity contribution in [2.45, 2.75) is 116 Å². The molecule has 0 aliphatic carbocycles. The molecule has 8 nitrogen and oxygen atoms in total. The highest BCUT2D eigenvalue weighted by Crippen LogP contribution is 2.43. The van der Waals surface area contributed by atoms with E-state index in [4.69, 9.17) is 14.8 Å². The number of rotatable bonds is 27. The van der Waals surface area contributed by atoms with Gasteiger partial charge in [-0.3, -0.25) is 13.8 Å². The molecule has 0 aromatic heterocycles. The Morgan fingerprint density at radius 2 is 1.46 bits per heavy atom. The summed E-state index contributed by atoms with van der Waals surface area (Å²) >= 11 is 0. The van der Waals surface area contributed by atoms with Crippen molar-refractivity contribution in [2.75, 3.05) is 19.8 Å². The van der Waals surface area contributed by atoms with Crippen LogP contribution >= 0.6 is 7.82 Å². The van der Waals surface area contributed by atoms with Crippen molar-refractivity contribution in [2.24, 2.45) is 5.73 Å². The Balaban J connectivity index is 4.51. The molecule has 3 atom stereocenters. The maximum absolute atomic E-state index is 12.6. The number of hydrogen-bond donors (Lipinski definition) is 4. The molecule has 0 rings (SSSR count). The molecule has 41 heavy (non-hydrogen) atoms. The van der Waals surface area contributed by atoms with Crippen molar-refractivity contribution in [1.82, 2.24) is 5.32 Å². The molecule has 0 saturated heterocycles. The van der Waals surface area contributed by atoms with Crippen LogP contribution in [0.5, 0.6) is 0 Å². The monoisotopic (exact) mass is 596 g/mol. The summed E-state index contributed by atoms with van der Waals surface area (Å²) in [7, 11) is -4.34. The van der Waals surface area contributed by atoms with E-state index < -0.39 is 20.0 Å². The fourth-order valence-corrected chi connectivity index (χ4v) is 4.55. The quantitative estimate of drug-likeness (QED) is 0.0448. The third-order valence-electron chi connectivity index (χ3n) is 6.12. The summed E-state index contributed by atoms with van der Waals surface area (Å²) in [6.07, 6.45) is 32.9. The SMILES string of the molecule is C/C=C/CC/C=C/CC/C=C/C(O)C(COP(=O)(O)OCCN)NC(=O)CCCCCCC/C=C\C/C=C\CCC. The first-order valence-corrected chi connectivity index (χ1v) is 16.9. The van der Waals surface area contributed by atoms with Gasteiger partial charge in [0.15, 0.2) is 0 Å². The number of unbranched alkanes of at least 4 members (excludes halogenated alkanes) is 8. The Morgan fingerprint density at radius 1 is 0.854 bits per heavy atom. The second-order valence-electron chi connectivity index (χ2n) is 9.95. The van der Waals surface area contributed by atoms with E-state index in [0.717, 1.165) is 77.0 Å². The lowest BCUT2D eigenvalue weighted by molar-refractivity contribution is -0.123. The van der Waals surface area contributed by atoms with E-state index >= 15 is 0 Å². The topological polar surface area (TPSA) is 131 Å². The second kappa shape index (κ2) is 28.3. The van der Waals surface area contributed by atoms with Crippen LogP contribution in [0.2, 0.25) is 0 Å². The van der Waals surface area contributed by atoms with Gasteiger partial charge in [0.1, 0.15) is 0 Å². The van der Waals surface area contributed by atoms with E-state index in [1.54, 1.807) is 6.08 Å². The normalized spacial score (nSPS) is 15.5. The molecule has 0 radical (unpaired) electrons. The van der Waals surface area contributed by atoms with Gasteiger partial charge in [-0.15, -0.1) is 0 Å². The summed E-state index contributed by atoms with van der Waals surface area (Å²) in [6.45, 7) is 3.74. The number of amides is 1. The lowest BCUT2D eigenvalue weighted by Crippen LogP contribution is -2.45. The Labute approximate surface area is 249 Å². The van der Waals surface area contributed by atoms with Crippen LogP contribution in [0.15, 0.2) is 60.8 Å². The van der Waals surface area contributed by atoms with Crippen LogP contribution in [-0.4, -0.2) is 47.8 Å². The van der Waals surface area contributed by atoms with Crippen LogP contribution in [0.4, 0.5) is 0 Å². The minimum atomic E-state index is -4.34. The van der Waals surface area contributed by atoms with E-state index in [1.807, 2.05) is 19.1 Å². The summed E-state index contributed by atoms with van der Waals surface area (Å²) in [6, 6.07) is -0.888. The molecule has 0 heterocycles. The number of hydrogen-bond acceptors (Lipinski definition) is 6. The van der Waals surface area contributed by atoms with E-state index in [-0.39, 0.29) is 25.7 Å². The highest BCUT2D eigenvalue weighted by atomic mass is 31.2. The third kappa shape index (κ3) is 26.8. The average Bonchev–Trinajstić information content (AvgIpc) is 2.95. The molecular weight excluding hydrogens is 539 g/mol. The van der Waals surface area contributed by atoms with Crippen molar-refractivity contribution in [3.63, 3.8) is 0 Å². The van der Waals surface area contributed by atoms with E-state index in [0.29, 0.717) is 6.42 Å². The fraction of sp³-hybridized carbons (Fsp3) is 0.656. The van der Waals surface area contributed by atoms with E-state index in [2.05, 4.69) is 54.8 Å². The Kier molecular flexibility index (Phi) is 27.1. The summed E-state index contributed by atoms with van der Waals surface area (Å²) in [5.74, 6) is -0.232. The maximum atomic E-state index is 12.6. The zero-order chi connectivity index (χ0) is 30.4. The molecule has 9 heteroatoms. The molecule has 0 aliphatic rings. The predicted molar refractivity (Wildman–Crippen MR) is 170 cm³/mol. The Bertz CT molecular complexity index is 825. The van der Waals surface area contributed by atoms with Crippen LogP contribution in [-0.2, 0) is 18.4 Å². The third-order valence-corrected chi connectivity index (χ3v) is 7.10. The first kappa shape index (κ1) is 39.2. The first-order valence-electron chi connectivity index (χ1n) is 15.4. The Morgan fingerprint density at radius 3 is 2.15 bits per heavy atom. The number of carbonyl (C=O) groups is 1. The van der Waals surface area contributed by atoms with Gasteiger partial charge in [-0.2, -0.15) is 0 Å². The number of phosphoric acid groups is 1. The zero-order valence-electron chi connectivity index (χ0n) is 25.5. The van der Waals surface area contributed by atoms with Crippen molar-refractivity contribution in [1.29, 1.82) is 0 Å². The van der Waals surface area contributed by atoms with Crippen molar-refractivity contribution in [3.05, 3.63) is 60.8 Å². The molecule has 3 unspecified atom stereocenters. The molecule has 0 aromatic carbocycles. The Hall–Kier alpha value is -1.80. The largest absolute Gasteiger partial charge is 0.472 e. The van der Waals surface area contributed by atoms with Gasteiger partial charge in [-0.1, -0.05) is 93.4 Å². The summed E-state index contributed by atoms with van der Waals surface area (Å²) < 4.78 is 21.8. The number of aliphatic hydroxyl groups excluding tert-OH is 1. The molecule has 0 saturated carbocycles. The number of nitrogens with two attached hydrogens (primary N) is 1. The lowest BCUT2D eigenvalue weighted by atomic mass is 10.1. The van der Waals surface area contributed by atoms with E-state index in [9.17, 15) is 19.4 Å². The van der Waals surface area contributed by atoms with Crippen molar-refractivity contribution >= 4 is 13.7 Å². The van der Waals surface area contributed by atoms with Gasteiger partial charge < -0.3 is 21.1 Å². The molecule has 1 amide bonds. The first-order chi connectivity index (χ1) is 19.9. The van der Waals surface area contributed by atoms with Gasteiger partial charge >= 0.3 is 7.82 Å². The smallest absolute Gasteiger partial charge is 0.387 e. The predicted octanol–water partition coefficient (Wildman–Crippen LogP) is 7.21. The molecule has 0 aromatic rings. The van der Waals surface area contributed by atoms with Gasteiger partial charge in [0.25, 0.3) is 0 Å². The number of aliphatic hydroxyl groups is 1. The van der Waals surface area contributed by atoms with Crippen LogP contribution in [0.3, 0.4) is 0 Å². The van der Waals surface area contributed by atoms with Gasteiger partial charge in [0, 0.05) is 13.0 Å². The molecule has 0 bridgehead atoms. The minimum Gasteiger partial charge on any atom is -0.387 e. The standard InChI is InChI=1S/C32H57N2O6P/c1-3-5-7-9-11-13-14-15-16-18-20-22-24-26-32(36)34-30(29-40-41(37,38)39-28-27-33)31(35)25-23-21-19-17-12-10-8-6-4-2/h4,6-7,9,12-14,17,23,25,30-31,35H,3,5,8,10-11,15-16,18-22,24,26-29,33H2,1-2H3,(H,34,36)(H,37,38)/b6-4+,9-7-,14-13-,17-12+,25-23+. The van der Waals surface area contributed by atoms with Gasteiger partial charge in [0.05, 0.1) is 25.4 Å². The van der Waals surface area contributed by atoms with Crippen LogP contribution in [0, 0.1) is 0 Å². The highest BCUT2D eigenvalue weighted by molar-refractivity contribution is 7.47. The molecule has 5 N–H and O–H groups in total. The highest BCUT2D eigenvalue weighted by Gasteiger charge is 2.26. The zero-order valence-corrected chi connectivity index (χ0v) is 26.4. The molecule has 0 aliphatic heterocycles. The summed E-state index contributed by atoms with van der Waals surface area (Å²) in [5.41, 5.74) is 5.32. The van der Waals surface area contributed by atoms with Crippen LogP contribution in [0.25, 0.3) is 0 Å². The number of allylic oxidation sites excluding steroid dienone is 9. The summed E-state index contributed by atoms with van der Waals surface area (Å²) in [5, 5.41) is 13.4. The van der Waals surface area contributed by atoms with Crippen LogP contribution in [0.1, 0.15) is 104 Å². The molecule has 0 fully saturated rings. The number of nitrogens with one attached hydrogen (secondary N) is 1. The van der Waals surface area contributed by atoms with E-state index in [1.165, 1.54) is 6.42 Å². The minimum absolute atomic E-state index is 0.0661. The molecule has 0 spiro atoms. The van der Waals surface area contributed by atoms with Gasteiger partial charge in [-0.25, -0.2) is 4.57 Å². The number of carbonyl (C=O) groups excluding carboxylic acids is 1. The van der Waals surface area contributed by atoms with Gasteiger partial charge in [0.2, 0.25) is 5.91 Å². The number of phosphoric ester groups is 1. The van der Waals surface area contributed by atoms with Crippen LogP contribution < -0.4 is 11.1 Å². The fourth-order valence-electron chi connectivity index (χ4n) is 3.79. The average molecular weight is 597 g/mol. The molecular formula is C32H57N2O6P. The lowest BCUT2D eigenvalue weighted by Gasteiger charge is -2.23. The molecule has 236 valence electrons.